The standard InChI is InChI=1S/C14H15FN2O3/c1-3-20-13(18)12-8(2)11(16-14(19)17-12)9-6-4-5-7-10(9)15/h4-7,11H,3H2,1-2H3,(H2,16,17,19)/t11-/m0/s1. The monoisotopic (exact) mass is 278 g/mol. The molecule has 0 radical (unpaired) electrons. The van der Waals surface area contributed by atoms with Gasteiger partial charge in [-0.3, -0.25) is 0 Å². The summed E-state index contributed by atoms with van der Waals surface area (Å²) in [5.41, 5.74) is 0.874. The summed E-state index contributed by atoms with van der Waals surface area (Å²) in [5.74, 6) is -1.07. The normalized spacial score (nSPS) is 18.4. The maximum atomic E-state index is 13.8. The molecule has 0 aromatic heterocycles. The number of halogens is 1. The van der Waals surface area contributed by atoms with Crippen LogP contribution in [0.3, 0.4) is 0 Å². The van der Waals surface area contributed by atoms with Crippen LogP contribution in [0.5, 0.6) is 0 Å². The Balaban J connectivity index is 2.43. The van der Waals surface area contributed by atoms with Gasteiger partial charge in [0.05, 0.1) is 12.6 Å². The Morgan fingerprint density at radius 1 is 1.40 bits per heavy atom. The minimum atomic E-state index is -0.690. The number of hydrogen-bond donors (Lipinski definition) is 2. The number of urea groups is 1. The van der Waals surface area contributed by atoms with E-state index in [4.69, 9.17) is 4.74 Å². The van der Waals surface area contributed by atoms with Gasteiger partial charge in [-0.2, -0.15) is 0 Å². The molecule has 0 unspecified atom stereocenters. The molecule has 106 valence electrons. The molecule has 0 saturated carbocycles. The fourth-order valence-corrected chi connectivity index (χ4v) is 2.07. The van der Waals surface area contributed by atoms with E-state index >= 15 is 0 Å². The van der Waals surface area contributed by atoms with Crippen LogP contribution in [0.1, 0.15) is 25.5 Å². The molecule has 20 heavy (non-hydrogen) atoms. The van der Waals surface area contributed by atoms with E-state index in [2.05, 4.69) is 10.6 Å². The quantitative estimate of drug-likeness (QED) is 0.831. The highest BCUT2D eigenvalue weighted by molar-refractivity contribution is 5.96. The number of nitrogens with one attached hydrogen (secondary N) is 2. The van der Waals surface area contributed by atoms with Crippen molar-refractivity contribution in [2.45, 2.75) is 19.9 Å². The van der Waals surface area contributed by atoms with Gasteiger partial charge in [-0.1, -0.05) is 18.2 Å². The van der Waals surface area contributed by atoms with Crippen molar-refractivity contribution in [2.75, 3.05) is 6.61 Å². The van der Waals surface area contributed by atoms with Crippen LogP contribution >= 0.6 is 0 Å². The molecule has 0 bridgehead atoms. The Labute approximate surface area is 115 Å². The summed E-state index contributed by atoms with van der Waals surface area (Å²) in [6, 6.07) is 4.85. The second kappa shape index (κ2) is 5.73. The Hall–Kier alpha value is -2.37. The molecule has 6 heteroatoms. The summed E-state index contributed by atoms with van der Waals surface area (Å²) in [6.07, 6.45) is 0. The first kappa shape index (κ1) is 14.0. The number of carbonyl (C=O) groups is 2. The van der Waals surface area contributed by atoms with Gasteiger partial charge >= 0.3 is 12.0 Å². The van der Waals surface area contributed by atoms with Gasteiger partial charge in [-0.05, 0) is 25.5 Å². The average Bonchev–Trinajstić information content (AvgIpc) is 2.42. The van der Waals surface area contributed by atoms with Gasteiger partial charge in [-0.15, -0.1) is 0 Å². The number of amides is 2. The van der Waals surface area contributed by atoms with Gasteiger partial charge in [-0.25, -0.2) is 14.0 Å². The summed E-state index contributed by atoms with van der Waals surface area (Å²) >= 11 is 0. The number of esters is 1. The Morgan fingerprint density at radius 2 is 2.10 bits per heavy atom. The topological polar surface area (TPSA) is 67.4 Å². The molecule has 1 aromatic carbocycles. The fraction of sp³-hybridized carbons (Fsp3) is 0.286. The number of hydrogen-bond acceptors (Lipinski definition) is 3. The molecule has 0 fully saturated rings. The molecular formula is C14H15FN2O3. The van der Waals surface area contributed by atoms with Crippen LogP contribution in [0.15, 0.2) is 35.5 Å². The first-order valence-corrected chi connectivity index (χ1v) is 6.24. The largest absolute Gasteiger partial charge is 0.461 e. The predicted octanol–water partition coefficient (Wildman–Crippen LogP) is 2.02. The van der Waals surface area contributed by atoms with Crippen LogP contribution in [0, 0.1) is 5.82 Å². The molecule has 2 N–H and O–H groups in total. The third kappa shape index (κ3) is 2.64. The van der Waals surface area contributed by atoms with E-state index in [0.717, 1.165) is 0 Å². The van der Waals surface area contributed by atoms with Gasteiger partial charge in [0.1, 0.15) is 11.5 Å². The summed E-state index contributed by atoms with van der Waals surface area (Å²) in [7, 11) is 0. The molecule has 0 spiro atoms. The number of ether oxygens (including phenoxy) is 1. The summed E-state index contributed by atoms with van der Waals surface area (Å²) < 4.78 is 18.7. The minimum Gasteiger partial charge on any atom is -0.461 e. The zero-order valence-electron chi connectivity index (χ0n) is 11.2. The van der Waals surface area contributed by atoms with Gasteiger partial charge in [0, 0.05) is 5.56 Å². The molecule has 2 amide bonds. The van der Waals surface area contributed by atoms with Crippen LogP contribution in [-0.4, -0.2) is 18.6 Å². The van der Waals surface area contributed by atoms with E-state index in [1.165, 1.54) is 6.07 Å². The van der Waals surface area contributed by atoms with Crippen molar-refractivity contribution in [2.24, 2.45) is 0 Å². The molecule has 0 aliphatic carbocycles. The van der Waals surface area contributed by atoms with Crippen molar-refractivity contribution < 1.29 is 18.7 Å². The van der Waals surface area contributed by atoms with Crippen LogP contribution in [0.4, 0.5) is 9.18 Å². The molecule has 1 aliphatic heterocycles. The van der Waals surface area contributed by atoms with Crippen molar-refractivity contribution in [1.29, 1.82) is 0 Å². The first-order valence-electron chi connectivity index (χ1n) is 6.24. The molecule has 1 aromatic rings. The maximum Gasteiger partial charge on any atom is 0.354 e. The first-order chi connectivity index (χ1) is 9.54. The lowest BCUT2D eigenvalue weighted by Gasteiger charge is -2.27. The molecular weight excluding hydrogens is 263 g/mol. The Bertz CT molecular complexity index is 584. The Kier molecular flexibility index (Phi) is 4.02. The highest BCUT2D eigenvalue weighted by atomic mass is 19.1. The van der Waals surface area contributed by atoms with Crippen LogP contribution in [0.25, 0.3) is 0 Å². The molecule has 5 nitrogen and oxygen atoms in total. The summed E-state index contributed by atoms with van der Waals surface area (Å²) in [4.78, 5) is 23.4. The van der Waals surface area contributed by atoms with Crippen LogP contribution in [-0.2, 0) is 9.53 Å². The lowest BCUT2D eigenvalue weighted by molar-refractivity contribution is -0.139. The lowest BCUT2D eigenvalue weighted by Crippen LogP contribution is -2.46. The number of carbonyl (C=O) groups excluding carboxylic acids is 2. The van der Waals surface area contributed by atoms with E-state index in [1.807, 2.05) is 0 Å². The second-order valence-electron chi connectivity index (χ2n) is 4.33. The molecule has 1 aliphatic rings. The van der Waals surface area contributed by atoms with Gasteiger partial charge in [0.15, 0.2) is 0 Å². The number of benzene rings is 1. The highest BCUT2D eigenvalue weighted by Crippen LogP contribution is 2.28. The van der Waals surface area contributed by atoms with Gasteiger partial charge < -0.3 is 15.4 Å². The molecule has 1 heterocycles. The molecule has 0 saturated heterocycles. The van der Waals surface area contributed by atoms with Crippen molar-refractivity contribution in [3.05, 3.63) is 46.9 Å². The number of rotatable bonds is 3. The van der Waals surface area contributed by atoms with Gasteiger partial charge in [0.25, 0.3) is 0 Å². The SMILES string of the molecule is CCOC(=O)C1=C(C)[C@@H](c2ccccc2F)NC(=O)N1. The van der Waals surface area contributed by atoms with Crippen molar-refractivity contribution >= 4 is 12.0 Å². The second-order valence-corrected chi connectivity index (χ2v) is 4.33. The van der Waals surface area contributed by atoms with E-state index in [1.54, 1.807) is 32.0 Å². The zero-order chi connectivity index (χ0) is 14.7. The van der Waals surface area contributed by atoms with Gasteiger partial charge in [0.2, 0.25) is 0 Å². The highest BCUT2D eigenvalue weighted by Gasteiger charge is 2.30. The average molecular weight is 278 g/mol. The van der Waals surface area contributed by atoms with Crippen LogP contribution < -0.4 is 10.6 Å². The summed E-state index contributed by atoms with van der Waals surface area (Å²) in [5, 5.41) is 5.00. The molecule has 2 rings (SSSR count). The molecule has 1 atom stereocenters. The van der Waals surface area contributed by atoms with Crippen molar-refractivity contribution in [3.8, 4) is 0 Å². The van der Waals surface area contributed by atoms with Crippen molar-refractivity contribution in [1.82, 2.24) is 10.6 Å². The third-order valence-electron chi connectivity index (χ3n) is 3.04. The van der Waals surface area contributed by atoms with Crippen molar-refractivity contribution in [3.63, 3.8) is 0 Å². The fourth-order valence-electron chi connectivity index (χ4n) is 2.07. The third-order valence-corrected chi connectivity index (χ3v) is 3.04. The maximum absolute atomic E-state index is 13.8. The minimum absolute atomic E-state index is 0.0591. The Morgan fingerprint density at radius 3 is 2.75 bits per heavy atom. The van der Waals surface area contributed by atoms with E-state index in [0.29, 0.717) is 11.1 Å². The van der Waals surface area contributed by atoms with E-state index in [9.17, 15) is 14.0 Å². The van der Waals surface area contributed by atoms with E-state index < -0.39 is 23.9 Å². The summed E-state index contributed by atoms with van der Waals surface area (Å²) in [6.45, 7) is 3.52. The smallest absolute Gasteiger partial charge is 0.354 e. The van der Waals surface area contributed by atoms with Crippen LogP contribution in [0.2, 0.25) is 0 Å². The van der Waals surface area contributed by atoms with E-state index in [-0.39, 0.29) is 12.3 Å². The lowest BCUT2D eigenvalue weighted by atomic mass is 9.96. The zero-order valence-corrected chi connectivity index (χ0v) is 11.2. The predicted molar refractivity (Wildman–Crippen MR) is 70.1 cm³/mol.